The first-order chi connectivity index (χ1) is 8.41. The molecule has 1 fully saturated rings. The second-order valence-electron chi connectivity index (χ2n) is 4.93. The summed E-state index contributed by atoms with van der Waals surface area (Å²) in [6.07, 6.45) is 4.02. The average Bonchev–Trinajstić information content (AvgIpc) is 2.77. The van der Waals surface area contributed by atoms with Crippen LogP contribution in [0.4, 0.5) is 0 Å². The summed E-state index contributed by atoms with van der Waals surface area (Å²) in [6, 6.07) is 0. The highest BCUT2D eigenvalue weighted by molar-refractivity contribution is 7.84. The van der Waals surface area contributed by atoms with E-state index in [9.17, 15) is 13.8 Å². The second-order valence-corrected chi connectivity index (χ2v) is 6.74. The predicted molar refractivity (Wildman–Crippen MR) is 69.6 cm³/mol. The van der Waals surface area contributed by atoms with E-state index in [-0.39, 0.29) is 23.0 Å². The van der Waals surface area contributed by atoms with Crippen molar-refractivity contribution in [1.29, 1.82) is 0 Å². The third-order valence-corrected chi connectivity index (χ3v) is 4.94. The van der Waals surface area contributed by atoms with E-state index in [2.05, 4.69) is 5.32 Å². The minimum Gasteiger partial charge on any atom is -0.481 e. The Kier molecular flexibility index (Phi) is 5.78. The number of carbonyl (C=O) groups is 2. The van der Waals surface area contributed by atoms with Crippen LogP contribution in [0.25, 0.3) is 0 Å². The van der Waals surface area contributed by atoms with Crippen molar-refractivity contribution in [3.8, 4) is 0 Å². The first kappa shape index (κ1) is 15.1. The van der Waals surface area contributed by atoms with Crippen LogP contribution in [0.1, 0.15) is 32.6 Å². The van der Waals surface area contributed by atoms with Crippen LogP contribution in [0.3, 0.4) is 0 Å². The Morgan fingerprint density at radius 1 is 1.39 bits per heavy atom. The van der Waals surface area contributed by atoms with E-state index < -0.39 is 16.8 Å². The molecule has 1 aliphatic rings. The fourth-order valence-electron chi connectivity index (χ4n) is 2.15. The van der Waals surface area contributed by atoms with Gasteiger partial charge in [-0.1, -0.05) is 6.92 Å². The highest BCUT2D eigenvalue weighted by Gasteiger charge is 2.33. The molecule has 1 amide bonds. The largest absolute Gasteiger partial charge is 0.481 e. The van der Waals surface area contributed by atoms with Crippen molar-refractivity contribution in [2.45, 2.75) is 37.9 Å². The van der Waals surface area contributed by atoms with E-state index in [0.717, 1.165) is 0 Å². The number of hydrogen-bond donors (Lipinski definition) is 2. The van der Waals surface area contributed by atoms with Crippen LogP contribution < -0.4 is 5.32 Å². The Hall–Kier alpha value is -0.910. The minimum atomic E-state index is -0.868. The van der Waals surface area contributed by atoms with Gasteiger partial charge in [-0.25, -0.2) is 0 Å². The first-order valence-corrected chi connectivity index (χ1v) is 7.86. The maximum atomic E-state index is 11.8. The Morgan fingerprint density at radius 2 is 2.00 bits per heavy atom. The molecule has 104 valence electrons. The minimum absolute atomic E-state index is 0.0622. The van der Waals surface area contributed by atoms with E-state index in [1.807, 2.05) is 6.92 Å². The predicted octanol–water partition coefficient (Wildman–Crippen LogP) is 0.761. The fourth-order valence-corrected chi connectivity index (χ4v) is 2.60. The van der Waals surface area contributed by atoms with Crippen molar-refractivity contribution >= 4 is 22.7 Å². The molecular weight excluding hydrogens is 254 g/mol. The van der Waals surface area contributed by atoms with Crippen LogP contribution >= 0.6 is 0 Å². The quantitative estimate of drug-likeness (QED) is 0.749. The zero-order valence-electron chi connectivity index (χ0n) is 10.8. The lowest BCUT2D eigenvalue weighted by molar-refractivity contribution is -0.141. The topological polar surface area (TPSA) is 83.5 Å². The molecular formula is C12H21NO4S. The van der Waals surface area contributed by atoms with Crippen molar-refractivity contribution in [2.75, 3.05) is 12.8 Å². The molecule has 1 aliphatic carbocycles. The van der Waals surface area contributed by atoms with Gasteiger partial charge in [0.25, 0.3) is 0 Å². The number of carbonyl (C=O) groups excluding carboxylic acids is 1. The summed E-state index contributed by atoms with van der Waals surface area (Å²) < 4.78 is 11.1. The molecule has 5 nitrogen and oxygen atoms in total. The van der Waals surface area contributed by atoms with Gasteiger partial charge in [0.1, 0.15) is 0 Å². The van der Waals surface area contributed by atoms with Gasteiger partial charge in [0.15, 0.2) is 0 Å². The Morgan fingerprint density at radius 3 is 2.50 bits per heavy atom. The summed E-state index contributed by atoms with van der Waals surface area (Å²) >= 11 is 0. The van der Waals surface area contributed by atoms with Crippen LogP contribution in [0, 0.1) is 11.8 Å². The second kappa shape index (κ2) is 6.87. The van der Waals surface area contributed by atoms with Crippen LogP contribution in [0.15, 0.2) is 0 Å². The zero-order valence-corrected chi connectivity index (χ0v) is 11.7. The van der Waals surface area contributed by atoms with Crippen LogP contribution in [0.2, 0.25) is 0 Å². The molecule has 0 aromatic heterocycles. The summed E-state index contributed by atoms with van der Waals surface area (Å²) in [4.78, 5) is 22.6. The van der Waals surface area contributed by atoms with Crippen molar-refractivity contribution in [3.05, 3.63) is 0 Å². The number of carboxylic acid groups (broad SMARTS) is 1. The number of carboxylic acids is 1. The standard InChI is InChI=1S/C12H21NO4S/c1-8(18(2)17)5-6-13-11(14)9-3-4-10(7-9)12(15)16/h8-10H,3-7H2,1-2H3,(H,13,14)(H,15,16)/t8?,9-,10+,18?/m1/s1. The van der Waals surface area contributed by atoms with Gasteiger partial charge < -0.3 is 10.4 Å². The fraction of sp³-hybridized carbons (Fsp3) is 0.833. The lowest BCUT2D eigenvalue weighted by atomic mass is 10.0. The Bertz CT molecular complexity index is 345. The van der Waals surface area contributed by atoms with Crippen molar-refractivity contribution in [2.24, 2.45) is 11.8 Å². The van der Waals surface area contributed by atoms with E-state index in [4.69, 9.17) is 5.11 Å². The third kappa shape index (κ3) is 4.40. The summed E-state index contributed by atoms with van der Waals surface area (Å²) in [5.74, 6) is -1.41. The van der Waals surface area contributed by atoms with Crippen LogP contribution in [0.5, 0.6) is 0 Å². The lowest BCUT2D eigenvalue weighted by Gasteiger charge is -2.12. The first-order valence-electron chi connectivity index (χ1n) is 6.24. The van der Waals surface area contributed by atoms with Crippen molar-refractivity contribution in [3.63, 3.8) is 0 Å². The van der Waals surface area contributed by atoms with E-state index >= 15 is 0 Å². The van der Waals surface area contributed by atoms with Gasteiger partial charge in [0.2, 0.25) is 5.91 Å². The van der Waals surface area contributed by atoms with Gasteiger partial charge in [0, 0.05) is 34.8 Å². The molecule has 0 aromatic rings. The number of hydrogen-bond acceptors (Lipinski definition) is 3. The molecule has 2 unspecified atom stereocenters. The maximum absolute atomic E-state index is 11.8. The zero-order chi connectivity index (χ0) is 13.7. The molecule has 0 bridgehead atoms. The lowest BCUT2D eigenvalue weighted by Crippen LogP contribution is -2.32. The van der Waals surface area contributed by atoms with Gasteiger partial charge in [-0.2, -0.15) is 0 Å². The normalized spacial score (nSPS) is 26.6. The molecule has 6 heteroatoms. The summed E-state index contributed by atoms with van der Waals surface area (Å²) in [7, 11) is -0.868. The molecule has 0 aromatic carbocycles. The molecule has 0 saturated heterocycles. The molecule has 1 saturated carbocycles. The average molecular weight is 275 g/mol. The molecule has 4 atom stereocenters. The van der Waals surface area contributed by atoms with E-state index in [0.29, 0.717) is 32.2 Å². The van der Waals surface area contributed by atoms with Crippen molar-refractivity contribution < 1.29 is 18.9 Å². The molecule has 0 radical (unpaired) electrons. The van der Waals surface area contributed by atoms with Gasteiger partial charge in [0.05, 0.1) is 5.92 Å². The monoisotopic (exact) mass is 275 g/mol. The van der Waals surface area contributed by atoms with Crippen molar-refractivity contribution in [1.82, 2.24) is 5.32 Å². The van der Waals surface area contributed by atoms with Gasteiger partial charge in [-0.3, -0.25) is 13.8 Å². The summed E-state index contributed by atoms with van der Waals surface area (Å²) in [5.41, 5.74) is 0. The smallest absolute Gasteiger partial charge is 0.306 e. The molecule has 0 aliphatic heterocycles. The number of amides is 1. The molecule has 2 N–H and O–H groups in total. The number of nitrogens with one attached hydrogen (secondary N) is 1. The maximum Gasteiger partial charge on any atom is 0.306 e. The third-order valence-electron chi connectivity index (χ3n) is 3.57. The number of rotatable bonds is 6. The number of aliphatic carboxylic acids is 1. The Labute approximate surface area is 110 Å². The molecule has 18 heavy (non-hydrogen) atoms. The van der Waals surface area contributed by atoms with Gasteiger partial charge in [-0.05, 0) is 25.7 Å². The molecule has 0 heterocycles. The molecule has 1 rings (SSSR count). The summed E-state index contributed by atoms with van der Waals surface area (Å²) in [6.45, 7) is 2.39. The van der Waals surface area contributed by atoms with E-state index in [1.54, 1.807) is 6.26 Å². The SMILES string of the molecule is CC(CCNC(=O)[C@@H]1CC[C@H](C(=O)O)C1)S(C)=O. The highest BCUT2D eigenvalue weighted by Crippen LogP contribution is 2.31. The van der Waals surface area contributed by atoms with Crippen LogP contribution in [-0.2, 0) is 20.4 Å². The van der Waals surface area contributed by atoms with Gasteiger partial charge in [-0.15, -0.1) is 0 Å². The molecule has 0 spiro atoms. The van der Waals surface area contributed by atoms with Crippen LogP contribution in [-0.4, -0.2) is 39.2 Å². The summed E-state index contributed by atoms with van der Waals surface area (Å²) in [5, 5.41) is 11.7. The highest BCUT2D eigenvalue weighted by atomic mass is 32.2. The van der Waals surface area contributed by atoms with E-state index in [1.165, 1.54) is 0 Å². The Balaban J connectivity index is 2.26. The van der Waals surface area contributed by atoms with Gasteiger partial charge >= 0.3 is 5.97 Å².